The van der Waals surface area contributed by atoms with Crippen molar-refractivity contribution >= 4 is 27.7 Å². The van der Waals surface area contributed by atoms with Gasteiger partial charge in [-0.15, -0.1) is 0 Å². The highest BCUT2D eigenvalue weighted by Gasteiger charge is 2.13. The molecule has 2 heterocycles. The molecule has 0 amide bonds. The second-order valence-electron chi connectivity index (χ2n) is 4.52. The maximum absolute atomic E-state index is 9.41. The van der Waals surface area contributed by atoms with Crippen LogP contribution in [0.4, 0.5) is 5.82 Å². The van der Waals surface area contributed by atoms with Gasteiger partial charge in [0.15, 0.2) is 11.4 Å². The largest absolute Gasteiger partial charge is 0.457 e. The van der Waals surface area contributed by atoms with Crippen LogP contribution < -0.4 is 5.73 Å². The molecule has 3 N–H and O–H groups in total. The van der Waals surface area contributed by atoms with Crippen LogP contribution in [0.2, 0.25) is 0 Å². The van der Waals surface area contributed by atoms with Gasteiger partial charge in [-0.1, -0.05) is 18.2 Å². The summed E-state index contributed by atoms with van der Waals surface area (Å²) in [5.41, 5.74) is 7.35. The average molecular weight is 242 g/mol. The van der Waals surface area contributed by atoms with Gasteiger partial charge >= 0.3 is 0 Å². The first kappa shape index (κ1) is 11.0. The molecule has 1 aromatic carbocycles. The Morgan fingerprint density at radius 3 is 2.89 bits per heavy atom. The van der Waals surface area contributed by atoms with Gasteiger partial charge in [0.2, 0.25) is 0 Å². The molecule has 3 rings (SSSR count). The van der Waals surface area contributed by atoms with E-state index in [9.17, 15) is 5.11 Å². The van der Waals surface area contributed by atoms with E-state index in [1.165, 1.54) is 0 Å². The van der Waals surface area contributed by atoms with Crippen LogP contribution >= 0.6 is 0 Å². The predicted molar refractivity (Wildman–Crippen MR) is 71.3 cm³/mol. The third-order valence-corrected chi connectivity index (χ3v) is 2.95. The van der Waals surface area contributed by atoms with Crippen LogP contribution in [0.25, 0.3) is 21.9 Å². The van der Waals surface area contributed by atoms with Gasteiger partial charge in [0, 0.05) is 17.2 Å². The van der Waals surface area contributed by atoms with E-state index >= 15 is 0 Å². The van der Waals surface area contributed by atoms with Crippen molar-refractivity contribution in [2.24, 2.45) is 0 Å². The van der Waals surface area contributed by atoms with Crippen molar-refractivity contribution < 1.29 is 9.52 Å². The highest BCUT2D eigenvalue weighted by atomic mass is 16.3. The fourth-order valence-electron chi connectivity index (χ4n) is 2.20. The molecule has 0 aliphatic carbocycles. The topological polar surface area (TPSA) is 72.3 Å². The number of nitrogens with two attached hydrogens (primary N) is 1. The van der Waals surface area contributed by atoms with Crippen LogP contribution in [0.15, 0.2) is 34.7 Å². The molecule has 0 saturated carbocycles. The van der Waals surface area contributed by atoms with E-state index < -0.39 is 6.10 Å². The number of para-hydroxylation sites is 1. The Morgan fingerprint density at radius 2 is 2.11 bits per heavy atom. The molecular weight excluding hydrogens is 228 g/mol. The quantitative estimate of drug-likeness (QED) is 0.724. The van der Waals surface area contributed by atoms with E-state index in [1.54, 1.807) is 6.92 Å². The molecule has 18 heavy (non-hydrogen) atoms. The molecular formula is C14H14N2O2. The van der Waals surface area contributed by atoms with Gasteiger partial charge in [0.05, 0.1) is 11.6 Å². The first-order chi connectivity index (χ1) is 8.65. The maximum atomic E-state index is 9.41. The number of hydrogen-bond acceptors (Lipinski definition) is 4. The number of rotatable bonds is 2. The summed E-state index contributed by atoms with van der Waals surface area (Å²) in [5.74, 6) is 1.12. The van der Waals surface area contributed by atoms with Crippen molar-refractivity contribution in [3.05, 3.63) is 36.1 Å². The zero-order valence-electron chi connectivity index (χ0n) is 10.1. The summed E-state index contributed by atoms with van der Waals surface area (Å²) in [6, 6.07) is 9.74. The fraction of sp³-hybridized carbons (Fsp3) is 0.214. The van der Waals surface area contributed by atoms with Crippen LogP contribution in [0.3, 0.4) is 0 Å². The van der Waals surface area contributed by atoms with Crippen molar-refractivity contribution in [1.82, 2.24) is 4.98 Å². The van der Waals surface area contributed by atoms with E-state index in [1.807, 2.05) is 30.3 Å². The number of hydrogen-bond donors (Lipinski definition) is 2. The van der Waals surface area contributed by atoms with E-state index in [0.29, 0.717) is 17.8 Å². The molecule has 0 spiro atoms. The zero-order valence-corrected chi connectivity index (χ0v) is 10.1. The minimum atomic E-state index is -0.439. The van der Waals surface area contributed by atoms with Gasteiger partial charge in [-0.3, -0.25) is 0 Å². The van der Waals surface area contributed by atoms with E-state index in [-0.39, 0.29) is 0 Å². The molecule has 3 aromatic rings. The summed E-state index contributed by atoms with van der Waals surface area (Å²) in [5, 5.41) is 11.4. The van der Waals surface area contributed by atoms with Crippen LogP contribution in [0.1, 0.15) is 12.7 Å². The summed E-state index contributed by atoms with van der Waals surface area (Å²) in [7, 11) is 0. The summed E-state index contributed by atoms with van der Waals surface area (Å²) in [4.78, 5) is 4.32. The van der Waals surface area contributed by atoms with Crippen LogP contribution in [0.5, 0.6) is 0 Å². The van der Waals surface area contributed by atoms with Gasteiger partial charge in [-0.25, -0.2) is 4.98 Å². The maximum Gasteiger partial charge on any atom is 0.176 e. The third-order valence-electron chi connectivity index (χ3n) is 2.95. The molecule has 1 unspecified atom stereocenters. The summed E-state index contributed by atoms with van der Waals surface area (Å²) >= 11 is 0. The normalized spacial score (nSPS) is 13.2. The van der Waals surface area contributed by atoms with E-state index in [4.69, 9.17) is 10.2 Å². The van der Waals surface area contributed by atoms with Crippen molar-refractivity contribution in [3.8, 4) is 0 Å². The molecule has 1 atom stereocenters. The van der Waals surface area contributed by atoms with Gasteiger partial charge in [-0.2, -0.15) is 0 Å². The Balaban J connectivity index is 2.31. The molecule has 0 aliphatic rings. The Bertz CT molecular complexity index is 716. The Labute approximate surface area is 104 Å². The summed E-state index contributed by atoms with van der Waals surface area (Å²) in [6.07, 6.45) is 0.0358. The highest BCUT2D eigenvalue weighted by molar-refractivity contribution is 6.07. The van der Waals surface area contributed by atoms with E-state index in [0.717, 1.165) is 22.0 Å². The SMILES string of the molecule is CC(O)Cc1cc2c(o1)c(N)nc1ccccc12. The van der Waals surface area contributed by atoms with Gasteiger partial charge in [-0.05, 0) is 19.1 Å². The number of furan rings is 1. The molecule has 92 valence electrons. The molecule has 2 aromatic heterocycles. The van der Waals surface area contributed by atoms with Gasteiger partial charge < -0.3 is 15.3 Å². The zero-order chi connectivity index (χ0) is 12.7. The van der Waals surface area contributed by atoms with Crippen LogP contribution in [-0.4, -0.2) is 16.2 Å². The first-order valence-electron chi connectivity index (χ1n) is 5.90. The molecule has 4 heteroatoms. The molecule has 0 radical (unpaired) electrons. The van der Waals surface area contributed by atoms with E-state index in [2.05, 4.69) is 4.98 Å². The molecule has 4 nitrogen and oxygen atoms in total. The number of pyridine rings is 1. The first-order valence-corrected chi connectivity index (χ1v) is 5.90. The minimum Gasteiger partial charge on any atom is -0.457 e. The number of nitrogens with zero attached hydrogens (tertiary/aromatic N) is 1. The standard InChI is InChI=1S/C14H14N2O2/c1-8(17)6-9-7-11-10-4-2-3-5-12(10)16-14(15)13(11)18-9/h2-5,7-8,17H,6H2,1H3,(H2,15,16). The third kappa shape index (κ3) is 1.71. The number of nitrogen functional groups attached to an aromatic ring is 1. The lowest BCUT2D eigenvalue weighted by Gasteiger charge is -2.00. The fourth-order valence-corrected chi connectivity index (χ4v) is 2.20. The second-order valence-corrected chi connectivity index (χ2v) is 4.52. The number of fused-ring (bicyclic) bond motifs is 3. The molecule has 0 bridgehead atoms. The number of benzene rings is 1. The number of aliphatic hydroxyl groups excluding tert-OH is 1. The van der Waals surface area contributed by atoms with Crippen LogP contribution in [0, 0.1) is 0 Å². The predicted octanol–water partition coefficient (Wildman–Crippen LogP) is 2.49. The second kappa shape index (κ2) is 3.99. The monoisotopic (exact) mass is 242 g/mol. The van der Waals surface area contributed by atoms with Gasteiger partial charge in [0.1, 0.15) is 5.76 Å². The van der Waals surface area contributed by atoms with Crippen molar-refractivity contribution in [2.45, 2.75) is 19.4 Å². The van der Waals surface area contributed by atoms with Crippen LogP contribution in [-0.2, 0) is 6.42 Å². The molecule has 0 saturated heterocycles. The Morgan fingerprint density at radius 1 is 1.33 bits per heavy atom. The smallest absolute Gasteiger partial charge is 0.176 e. The Hall–Kier alpha value is -2.07. The van der Waals surface area contributed by atoms with Crippen molar-refractivity contribution in [1.29, 1.82) is 0 Å². The van der Waals surface area contributed by atoms with Crippen molar-refractivity contribution in [3.63, 3.8) is 0 Å². The Kier molecular flexibility index (Phi) is 2.45. The molecule has 0 fully saturated rings. The summed E-state index contributed by atoms with van der Waals surface area (Å²) < 4.78 is 5.67. The van der Waals surface area contributed by atoms with Gasteiger partial charge in [0.25, 0.3) is 0 Å². The minimum absolute atomic E-state index is 0.389. The van der Waals surface area contributed by atoms with Crippen molar-refractivity contribution in [2.75, 3.05) is 5.73 Å². The lowest BCUT2D eigenvalue weighted by atomic mass is 10.1. The number of aliphatic hydroxyl groups is 1. The average Bonchev–Trinajstić information content (AvgIpc) is 2.73. The number of aromatic nitrogens is 1. The summed E-state index contributed by atoms with van der Waals surface area (Å²) in [6.45, 7) is 1.73. The highest BCUT2D eigenvalue weighted by Crippen LogP contribution is 2.30. The molecule has 0 aliphatic heterocycles. The lowest BCUT2D eigenvalue weighted by Crippen LogP contribution is -2.02. The number of anilines is 1. The lowest BCUT2D eigenvalue weighted by molar-refractivity contribution is 0.188.